The fraction of sp³-hybridized carbons (Fsp3) is 0.300. The highest BCUT2D eigenvalue weighted by molar-refractivity contribution is 6.32. The van der Waals surface area contributed by atoms with Crippen LogP contribution in [0.5, 0.6) is 0 Å². The van der Waals surface area contributed by atoms with Crippen LogP contribution in [0.1, 0.15) is 5.56 Å². The summed E-state index contributed by atoms with van der Waals surface area (Å²) in [5.41, 5.74) is 4.98. The Kier molecular flexibility index (Phi) is 2.53. The molecule has 78 valence electrons. The molecule has 2 rings (SSSR count). The lowest BCUT2D eigenvalue weighted by atomic mass is 10.0. The maximum Gasteiger partial charge on any atom is 0.172 e. The Bertz CT molecular complexity index is 426. The van der Waals surface area contributed by atoms with E-state index in [-0.39, 0.29) is 19.0 Å². The third-order valence-electron chi connectivity index (χ3n) is 2.03. The molecule has 0 radical (unpaired) electrons. The molecule has 0 bridgehead atoms. The number of aromatic nitrogens is 1. The summed E-state index contributed by atoms with van der Waals surface area (Å²) in [5, 5.41) is 10.1. The Morgan fingerprint density at radius 2 is 2.33 bits per heavy atom. The van der Waals surface area contributed by atoms with E-state index in [1.807, 2.05) is 0 Å². The molecule has 0 saturated carbocycles. The van der Waals surface area contributed by atoms with Crippen molar-refractivity contribution in [1.82, 2.24) is 4.98 Å². The number of nitrogen functional groups attached to an aromatic ring is 1. The maximum absolute atomic E-state index is 9.65. The van der Waals surface area contributed by atoms with Gasteiger partial charge in [-0.15, -0.1) is 0 Å². The van der Waals surface area contributed by atoms with Crippen molar-refractivity contribution < 1.29 is 9.84 Å². The van der Waals surface area contributed by atoms with Gasteiger partial charge in [0.15, 0.2) is 5.60 Å². The van der Waals surface area contributed by atoms with Crippen LogP contribution < -0.4 is 5.73 Å². The fourth-order valence-electron chi connectivity index (χ4n) is 1.12. The van der Waals surface area contributed by atoms with Crippen molar-refractivity contribution in [3.05, 3.63) is 22.8 Å². The van der Waals surface area contributed by atoms with Crippen molar-refractivity contribution in [2.75, 3.05) is 18.9 Å². The molecule has 1 aliphatic heterocycles. The van der Waals surface area contributed by atoms with Gasteiger partial charge in [0, 0.05) is 6.20 Å². The molecule has 0 spiro atoms. The highest BCUT2D eigenvalue weighted by Crippen LogP contribution is 2.20. The number of halogens is 1. The molecule has 5 heteroatoms. The summed E-state index contributed by atoms with van der Waals surface area (Å²) in [7, 11) is 0. The Morgan fingerprint density at radius 1 is 1.60 bits per heavy atom. The van der Waals surface area contributed by atoms with E-state index in [9.17, 15) is 5.11 Å². The van der Waals surface area contributed by atoms with Gasteiger partial charge in [-0.2, -0.15) is 0 Å². The molecule has 0 aliphatic carbocycles. The number of aliphatic hydroxyl groups is 1. The van der Waals surface area contributed by atoms with Gasteiger partial charge in [-0.1, -0.05) is 23.4 Å². The van der Waals surface area contributed by atoms with Gasteiger partial charge in [-0.05, 0) is 6.07 Å². The number of nitrogens with two attached hydrogens (primary N) is 1. The van der Waals surface area contributed by atoms with Gasteiger partial charge >= 0.3 is 0 Å². The zero-order chi connectivity index (χ0) is 10.9. The van der Waals surface area contributed by atoms with Gasteiger partial charge in [-0.3, -0.25) is 0 Å². The van der Waals surface area contributed by atoms with Gasteiger partial charge in [0.2, 0.25) is 0 Å². The van der Waals surface area contributed by atoms with E-state index in [1.165, 1.54) is 6.20 Å². The van der Waals surface area contributed by atoms with Crippen LogP contribution in [0, 0.1) is 11.8 Å². The molecule has 3 N–H and O–H groups in total. The van der Waals surface area contributed by atoms with Crippen LogP contribution in [0.15, 0.2) is 12.3 Å². The molecule has 15 heavy (non-hydrogen) atoms. The lowest BCUT2D eigenvalue weighted by Gasteiger charge is -2.30. The van der Waals surface area contributed by atoms with E-state index in [4.69, 9.17) is 22.1 Å². The number of pyridine rings is 1. The highest BCUT2D eigenvalue weighted by Gasteiger charge is 2.33. The molecule has 0 amide bonds. The quantitative estimate of drug-likeness (QED) is 0.627. The molecule has 1 saturated heterocycles. The van der Waals surface area contributed by atoms with Crippen molar-refractivity contribution in [3.8, 4) is 11.8 Å². The van der Waals surface area contributed by atoms with Crippen molar-refractivity contribution in [3.63, 3.8) is 0 Å². The predicted octanol–water partition coefficient (Wildman–Crippen LogP) is 0.430. The van der Waals surface area contributed by atoms with Crippen LogP contribution in [-0.4, -0.2) is 28.9 Å². The summed E-state index contributed by atoms with van der Waals surface area (Å²) < 4.78 is 4.85. The second-order valence-corrected chi connectivity index (χ2v) is 3.73. The first-order valence-corrected chi connectivity index (χ1v) is 4.72. The van der Waals surface area contributed by atoms with Crippen molar-refractivity contribution in [1.29, 1.82) is 0 Å². The van der Waals surface area contributed by atoms with Gasteiger partial charge < -0.3 is 15.6 Å². The van der Waals surface area contributed by atoms with E-state index in [2.05, 4.69) is 16.8 Å². The third kappa shape index (κ3) is 2.05. The summed E-state index contributed by atoms with van der Waals surface area (Å²) in [4.78, 5) is 3.86. The van der Waals surface area contributed by atoms with Gasteiger partial charge in [0.05, 0.1) is 23.8 Å². The van der Waals surface area contributed by atoms with E-state index < -0.39 is 5.60 Å². The molecule has 0 atom stereocenters. The average Bonchev–Trinajstić information content (AvgIpc) is 2.14. The number of anilines is 1. The van der Waals surface area contributed by atoms with Gasteiger partial charge in [0.25, 0.3) is 0 Å². The number of hydrogen-bond acceptors (Lipinski definition) is 4. The second-order valence-electron chi connectivity index (χ2n) is 3.33. The van der Waals surface area contributed by atoms with E-state index >= 15 is 0 Å². The summed E-state index contributed by atoms with van der Waals surface area (Å²) in [6.07, 6.45) is 1.50. The molecular weight excluding hydrogens is 216 g/mol. The molecule has 2 heterocycles. The first kappa shape index (κ1) is 10.2. The number of ether oxygens (including phenoxy) is 1. The lowest BCUT2D eigenvalue weighted by Crippen LogP contribution is -2.48. The Hall–Kier alpha value is -1.28. The molecule has 1 aromatic heterocycles. The number of rotatable bonds is 0. The van der Waals surface area contributed by atoms with E-state index in [1.54, 1.807) is 6.07 Å². The predicted molar refractivity (Wildman–Crippen MR) is 56.3 cm³/mol. The minimum atomic E-state index is -1.06. The lowest BCUT2D eigenvalue weighted by molar-refractivity contribution is -0.140. The average molecular weight is 225 g/mol. The molecular formula is C10H9ClN2O2. The monoisotopic (exact) mass is 224 g/mol. The summed E-state index contributed by atoms with van der Waals surface area (Å²) in [6.45, 7) is 0.440. The minimum absolute atomic E-state index is 0.220. The highest BCUT2D eigenvalue weighted by atomic mass is 35.5. The van der Waals surface area contributed by atoms with Crippen molar-refractivity contribution in [2.45, 2.75) is 5.60 Å². The van der Waals surface area contributed by atoms with Crippen molar-refractivity contribution >= 4 is 17.4 Å². The zero-order valence-corrected chi connectivity index (χ0v) is 8.58. The first-order valence-electron chi connectivity index (χ1n) is 4.34. The normalized spacial score (nSPS) is 17.5. The van der Waals surface area contributed by atoms with Gasteiger partial charge in [0.1, 0.15) is 5.82 Å². The first-order chi connectivity index (χ1) is 7.11. The SMILES string of the molecule is Nc1nccc(Cl)c1C#CC1(O)COC1. The van der Waals surface area contributed by atoms with E-state index in [0.29, 0.717) is 10.6 Å². The number of hydrogen-bond donors (Lipinski definition) is 2. The molecule has 1 aliphatic rings. The Balaban J connectivity index is 2.30. The topological polar surface area (TPSA) is 68.4 Å². The molecule has 0 unspecified atom stereocenters. The van der Waals surface area contributed by atoms with Crippen molar-refractivity contribution in [2.24, 2.45) is 0 Å². The summed E-state index contributed by atoms with van der Waals surface area (Å²) in [6, 6.07) is 1.60. The summed E-state index contributed by atoms with van der Waals surface area (Å²) >= 11 is 5.88. The zero-order valence-electron chi connectivity index (χ0n) is 7.83. The smallest absolute Gasteiger partial charge is 0.172 e. The maximum atomic E-state index is 9.65. The van der Waals surface area contributed by atoms with E-state index in [0.717, 1.165) is 0 Å². The molecule has 1 fully saturated rings. The van der Waals surface area contributed by atoms with Crippen LogP contribution in [0.4, 0.5) is 5.82 Å². The minimum Gasteiger partial charge on any atom is -0.383 e. The van der Waals surface area contributed by atoms with Crippen LogP contribution >= 0.6 is 11.6 Å². The molecule has 0 aromatic carbocycles. The van der Waals surface area contributed by atoms with Crippen LogP contribution in [0.2, 0.25) is 5.02 Å². The molecule has 4 nitrogen and oxygen atoms in total. The summed E-state index contributed by atoms with van der Waals surface area (Å²) in [5.74, 6) is 5.66. The van der Waals surface area contributed by atoms with Gasteiger partial charge in [-0.25, -0.2) is 4.98 Å². The second kappa shape index (κ2) is 3.70. The van der Waals surface area contributed by atoms with Crippen LogP contribution in [-0.2, 0) is 4.74 Å². The number of nitrogens with zero attached hydrogens (tertiary/aromatic N) is 1. The molecule has 1 aromatic rings. The standard InChI is InChI=1S/C10H9ClN2O2/c11-8-2-4-13-9(12)7(8)1-3-10(14)5-15-6-10/h2,4,14H,5-6H2,(H2,12,13). The third-order valence-corrected chi connectivity index (χ3v) is 2.35. The van der Waals surface area contributed by atoms with Crippen LogP contribution in [0.3, 0.4) is 0 Å². The fourth-order valence-corrected chi connectivity index (χ4v) is 1.32. The van der Waals surface area contributed by atoms with Crippen LogP contribution in [0.25, 0.3) is 0 Å². The Labute approximate surface area is 92.0 Å². The Morgan fingerprint density at radius 3 is 2.87 bits per heavy atom. The largest absolute Gasteiger partial charge is 0.383 e.